The molecule has 1 N–H and O–H groups in total. The minimum atomic E-state index is 0.141. The third-order valence-corrected chi connectivity index (χ3v) is 4.61. The van der Waals surface area contributed by atoms with Crippen LogP contribution in [0.15, 0.2) is 5.38 Å². The average Bonchev–Trinajstić information content (AvgIpc) is 2.74. The third-order valence-electron chi connectivity index (χ3n) is 3.53. The Bertz CT molecular complexity index is 410. The first-order valence-corrected chi connectivity index (χ1v) is 6.99. The molecule has 5 heteroatoms. The molecule has 2 atom stereocenters. The molecule has 16 heavy (non-hydrogen) atoms. The van der Waals surface area contributed by atoms with Crippen molar-refractivity contribution in [1.82, 2.24) is 4.98 Å². The standard InChI is InChI=1S/C11H13ClN2OS/c12-4-9-5-16-11(13-9)14-10(15)8-2-6-1-7(6)3-8/h5-8H,1-4H2,(H,13,14,15). The fraction of sp³-hybridized carbons (Fsp3) is 0.636. The van der Waals surface area contributed by atoms with E-state index in [2.05, 4.69) is 10.3 Å². The molecule has 1 aromatic rings. The van der Waals surface area contributed by atoms with E-state index in [-0.39, 0.29) is 11.8 Å². The van der Waals surface area contributed by atoms with Crippen molar-refractivity contribution in [1.29, 1.82) is 0 Å². The number of alkyl halides is 1. The molecule has 2 fully saturated rings. The van der Waals surface area contributed by atoms with Gasteiger partial charge in [0.25, 0.3) is 0 Å². The molecule has 2 saturated carbocycles. The molecule has 0 radical (unpaired) electrons. The molecule has 0 aliphatic heterocycles. The van der Waals surface area contributed by atoms with Gasteiger partial charge in [0.15, 0.2) is 5.13 Å². The van der Waals surface area contributed by atoms with Crippen LogP contribution in [0.2, 0.25) is 0 Å². The van der Waals surface area contributed by atoms with Crippen molar-refractivity contribution >= 4 is 34.0 Å². The Kier molecular flexibility index (Phi) is 2.64. The van der Waals surface area contributed by atoms with Crippen molar-refractivity contribution < 1.29 is 4.79 Å². The van der Waals surface area contributed by atoms with Gasteiger partial charge >= 0.3 is 0 Å². The summed E-state index contributed by atoms with van der Waals surface area (Å²) in [5.41, 5.74) is 0.830. The molecule has 2 unspecified atom stereocenters. The number of anilines is 1. The fourth-order valence-corrected chi connectivity index (χ4v) is 3.50. The van der Waals surface area contributed by atoms with Crippen molar-refractivity contribution in [2.24, 2.45) is 17.8 Å². The lowest BCUT2D eigenvalue weighted by Crippen LogP contribution is -2.21. The lowest BCUT2D eigenvalue weighted by Gasteiger charge is -2.09. The van der Waals surface area contributed by atoms with Gasteiger partial charge in [-0.05, 0) is 31.1 Å². The second kappa shape index (κ2) is 4.00. The Labute approximate surface area is 103 Å². The van der Waals surface area contributed by atoms with Crippen LogP contribution in [-0.4, -0.2) is 10.9 Å². The highest BCUT2D eigenvalue weighted by atomic mass is 35.5. The molecule has 0 saturated heterocycles. The molecule has 1 aromatic heterocycles. The van der Waals surface area contributed by atoms with E-state index in [0.29, 0.717) is 11.0 Å². The van der Waals surface area contributed by atoms with Gasteiger partial charge in [-0.2, -0.15) is 0 Å². The maximum atomic E-state index is 11.9. The van der Waals surface area contributed by atoms with Crippen LogP contribution in [-0.2, 0) is 10.7 Å². The lowest BCUT2D eigenvalue weighted by atomic mass is 10.0. The van der Waals surface area contributed by atoms with Crippen molar-refractivity contribution in [3.63, 3.8) is 0 Å². The van der Waals surface area contributed by atoms with Crippen molar-refractivity contribution in [2.75, 3.05) is 5.32 Å². The first kappa shape index (κ1) is 10.5. The van der Waals surface area contributed by atoms with Crippen LogP contribution < -0.4 is 5.32 Å². The molecule has 2 aliphatic carbocycles. The summed E-state index contributed by atoms with van der Waals surface area (Å²) in [6.45, 7) is 0. The van der Waals surface area contributed by atoms with E-state index in [4.69, 9.17) is 11.6 Å². The SMILES string of the molecule is O=C(Nc1nc(CCl)cs1)C1CC2CC2C1. The lowest BCUT2D eigenvalue weighted by molar-refractivity contribution is -0.120. The number of carbonyl (C=O) groups excluding carboxylic acids is 1. The molecular weight excluding hydrogens is 244 g/mol. The van der Waals surface area contributed by atoms with Gasteiger partial charge in [0.05, 0.1) is 11.6 Å². The van der Waals surface area contributed by atoms with Crippen LogP contribution in [0.5, 0.6) is 0 Å². The highest BCUT2D eigenvalue weighted by Gasteiger charge is 2.48. The zero-order valence-electron chi connectivity index (χ0n) is 8.78. The largest absolute Gasteiger partial charge is 0.302 e. The monoisotopic (exact) mass is 256 g/mol. The third kappa shape index (κ3) is 1.96. The van der Waals surface area contributed by atoms with Crippen LogP contribution in [0, 0.1) is 17.8 Å². The highest BCUT2D eigenvalue weighted by molar-refractivity contribution is 7.13. The second-order valence-electron chi connectivity index (χ2n) is 4.69. The van der Waals surface area contributed by atoms with E-state index in [9.17, 15) is 4.79 Å². The first-order valence-electron chi connectivity index (χ1n) is 5.57. The highest BCUT2D eigenvalue weighted by Crippen LogP contribution is 2.54. The summed E-state index contributed by atoms with van der Waals surface area (Å²) in [5, 5.41) is 5.45. The summed E-state index contributed by atoms with van der Waals surface area (Å²) in [7, 11) is 0. The number of rotatable bonds is 3. The predicted octanol–water partition coefficient (Wildman–Crippen LogP) is 2.87. The smallest absolute Gasteiger partial charge is 0.229 e. The van der Waals surface area contributed by atoms with Crippen molar-refractivity contribution in [3.8, 4) is 0 Å². The van der Waals surface area contributed by atoms with Gasteiger partial charge in [0, 0.05) is 11.3 Å². The van der Waals surface area contributed by atoms with Crippen LogP contribution in [0.25, 0.3) is 0 Å². The number of hydrogen-bond donors (Lipinski definition) is 1. The van der Waals surface area contributed by atoms with Gasteiger partial charge in [0.2, 0.25) is 5.91 Å². The summed E-state index contributed by atoms with van der Waals surface area (Å²) < 4.78 is 0. The minimum Gasteiger partial charge on any atom is -0.302 e. The second-order valence-corrected chi connectivity index (χ2v) is 5.82. The van der Waals surface area contributed by atoms with E-state index in [1.54, 1.807) is 0 Å². The quantitative estimate of drug-likeness (QED) is 0.845. The number of fused-ring (bicyclic) bond motifs is 1. The number of carbonyl (C=O) groups is 1. The Hall–Kier alpha value is -0.610. The summed E-state index contributed by atoms with van der Waals surface area (Å²) in [6.07, 6.45) is 3.49. The van der Waals surface area contributed by atoms with E-state index < -0.39 is 0 Å². The number of hydrogen-bond acceptors (Lipinski definition) is 3. The zero-order chi connectivity index (χ0) is 11.1. The van der Waals surface area contributed by atoms with Gasteiger partial charge in [-0.3, -0.25) is 4.79 Å². The molecule has 1 amide bonds. The Balaban J connectivity index is 1.59. The van der Waals surface area contributed by atoms with E-state index in [1.807, 2.05) is 5.38 Å². The number of nitrogens with zero attached hydrogens (tertiary/aromatic N) is 1. The van der Waals surface area contributed by atoms with Gasteiger partial charge < -0.3 is 5.32 Å². The molecule has 1 heterocycles. The summed E-state index contributed by atoms with van der Waals surface area (Å²) in [5.74, 6) is 2.44. The normalized spacial score (nSPS) is 31.2. The topological polar surface area (TPSA) is 42.0 Å². The maximum Gasteiger partial charge on any atom is 0.229 e. The van der Waals surface area contributed by atoms with E-state index in [1.165, 1.54) is 17.8 Å². The fourth-order valence-electron chi connectivity index (χ4n) is 2.56. The van der Waals surface area contributed by atoms with Crippen molar-refractivity contribution in [2.45, 2.75) is 25.1 Å². The molecule has 0 aromatic carbocycles. The number of amides is 1. The number of nitrogens with one attached hydrogen (secondary N) is 1. The van der Waals surface area contributed by atoms with Gasteiger partial charge in [-0.15, -0.1) is 22.9 Å². The summed E-state index contributed by atoms with van der Waals surface area (Å²) in [6, 6.07) is 0. The molecule has 0 bridgehead atoms. The van der Waals surface area contributed by atoms with Crippen LogP contribution in [0.3, 0.4) is 0 Å². The molecule has 3 rings (SSSR count). The summed E-state index contributed by atoms with van der Waals surface area (Å²) in [4.78, 5) is 16.1. The zero-order valence-corrected chi connectivity index (χ0v) is 10.4. The molecular formula is C11H13ClN2OS. The Morgan fingerprint density at radius 1 is 1.50 bits per heavy atom. The number of halogens is 1. The Morgan fingerprint density at radius 2 is 2.25 bits per heavy atom. The van der Waals surface area contributed by atoms with Crippen LogP contribution in [0.4, 0.5) is 5.13 Å². The van der Waals surface area contributed by atoms with Crippen molar-refractivity contribution in [3.05, 3.63) is 11.1 Å². The molecule has 2 aliphatic rings. The Morgan fingerprint density at radius 3 is 2.88 bits per heavy atom. The maximum absolute atomic E-state index is 11.9. The van der Waals surface area contributed by atoms with E-state index in [0.717, 1.165) is 30.4 Å². The van der Waals surface area contributed by atoms with Crippen LogP contribution >= 0.6 is 22.9 Å². The summed E-state index contributed by atoms with van der Waals surface area (Å²) >= 11 is 7.11. The van der Waals surface area contributed by atoms with Gasteiger partial charge in [-0.1, -0.05) is 0 Å². The average molecular weight is 257 g/mol. The van der Waals surface area contributed by atoms with Gasteiger partial charge in [-0.25, -0.2) is 4.98 Å². The number of aromatic nitrogens is 1. The van der Waals surface area contributed by atoms with Gasteiger partial charge in [0.1, 0.15) is 0 Å². The predicted molar refractivity (Wildman–Crippen MR) is 64.6 cm³/mol. The van der Waals surface area contributed by atoms with E-state index >= 15 is 0 Å². The first-order chi connectivity index (χ1) is 7.76. The molecule has 86 valence electrons. The minimum absolute atomic E-state index is 0.141. The van der Waals surface area contributed by atoms with Crippen LogP contribution in [0.1, 0.15) is 25.0 Å². The molecule has 3 nitrogen and oxygen atoms in total. The number of thiazole rings is 1. The molecule has 0 spiro atoms.